The van der Waals surface area contributed by atoms with Crippen molar-refractivity contribution in [3.8, 4) is 0 Å². The lowest BCUT2D eigenvalue weighted by atomic mass is 10.0. The molecule has 33 heavy (non-hydrogen) atoms. The largest absolute Gasteiger partial charge is 0.453 e. The van der Waals surface area contributed by atoms with Crippen molar-refractivity contribution in [1.82, 2.24) is 0 Å². The molecule has 6 rings (SSSR count). The zero-order valence-corrected chi connectivity index (χ0v) is 21.3. The van der Waals surface area contributed by atoms with Gasteiger partial charge >= 0.3 is 0 Å². The first-order valence-electron chi connectivity index (χ1n) is 11.7. The van der Waals surface area contributed by atoms with E-state index in [0.717, 1.165) is 0 Å². The van der Waals surface area contributed by atoms with Crippen LogP contribution in [0.5, 0.6) is 0 Å². The summed E-state index contributed by atoms with van der Waals surface area (Å²) < 4.78 is 6.94. The van der Waals surface area contributed by atoms with Crippen LogP contribution in [0.3, 0.4) is 0 Å². The molecule has 2 atom stereocenters. The molecule has 0 heterocycles. The van der Waals surface area contributed by atoms with Crippen LogP contribution >= 0.6 is 0 Å². The fourth-order valence-corrected chi connectivity index (χ4v) is 10.9. The smallest absolute Gasteiger partial charge is 0.193 e. The van der Waals surface area contributed by atoms with Gasteiger partial charge in [0.2, 0.25) is 0 Å². The average Bonchev–Trinajstić information content (AvgIpc) is 2.85. The number of hydrogen-bond donors (Lipinski definition) is 0. The van der Waals surface area contributed by atoms with E-state index in [2.05, 4.69) is 122 Å². The summed E-state index contributed by atoms with van der Waals surface area (Å²) in [5.41, 5.74) is 0. The van der Waals surface area contributed by atoms with Gasteiger partial charge < -0.3 is 4.12 Å². The van der Waals surface area contributed by atoms with Crippen molar-refractivity contribution in [3.63, 3.8) is 0 Å². The third-order valence-electron chi connectivity index (χ3n) is 6.85. The van der Waals surface area contributed by atoms with Gasteiger partial charge in [0.05, 0.1) is 0 Å². The highest BCUT2D eigenvalue weighted by molar-refractivity contribution is 6.81. The first-order chi connectivity index (χ1) is 16.2. The predicted octanol–water partition coefficient (Wildman–Crippen LogP) is 6.14. The first-order valence-corrected chi connectivity index (χ1v) is 16.1. The molecule has 0 bridgehead atoms. The normalized spacial score (nSPS) is 13.6. The van der Waals surface area contributed by atoms with Crippen molar-refractivity contribution >= 4 is 71.5 Å². The van der Waals surface area contributed by atoms with Crippen LogP contribution in [0.25, 0.3) is 43.1 Å². The highest BCUT2D eigenvalue weighted by Gasteiger charge is 2.19. The Kier molecular flexibility index (Phi) is 5.10. The van der Waals surface area contributed by atoms with E-state index in [1.165, 1.54) is 53.5 Å². The molecule has 3 heteroatoms. The molecule has 160 valence electrons. The van der Waals surface area contributed by atoms with Gasteiger partial charge in [-0.15, -0.1) is 0 Å². The van der Waals surface area contributed by atoms with Gasteiger partial charge in [-0.3, -0.25) is 0 Å². The number of fused-ring (bicyclic) bond motifs is 4. The molecule has 6 aromatic rings. The summed E-state index contributed by atoms with van der Waals surface area (Å²) in [5, 5.41) is 13.3. The lowest BCUT2D eigenvalue weighted by molar-refractivity contribution is 0.622. The fourth-order valence-electron chi connectivity index (χ4n) is 5.14. The van der Waals surface area contributed by atoms with Gasteiger partial charge in [0.1, 0.15) is 0 Å². The summed E-state index contributed by atoms with van der Waals surface area (Å²) in [6.07, 6.45) is 0. The van der Waals surface area contributed by atoms with E-state index >= 15 is 0 Å². The van der Waals surface area contributed by atoms with E-state index in [1.54, 1.807) is 0 Å². The van der Waals surface area contributed by atoms with E-state index in [4.69, 9.17) is 4.12 Å². The van der Waals surface area contributed by atoms with E-state index in [1.807, 2.05) is 0 Å². The second kappa shape index (κ2) is 8.27. The standard InChI is InChI=1S/C30H26OSi2/c1-32(29-15-7-13-25-17-21-9-3-5-11-23(21)19-27(25)29)31-33(2)30-16-8-14-26-18-22-10-4-6-12-24(22)20-28(26)30/h3-20,32-33H,1-2H3. The topological polar surface area (TPSA) is 9.23 Å². The monoisotopic (exact) mass is 458 g/mol. The molecule has 0 fully saturated rings. The van der Waals surface area contributed by atoms with Crippen molar-refractivity contribution in [2.24, 2.45) is 0 Å². The maximum atomic E-state index is 6.94. The van der Waals surface area contributed by atoms with Gasteiger partial charge in [-0.1, -0.05) is 84.9 Å². The van der Waals surface area contributed by atoms with Crippen molar-refractivity contribution in [2.75, 3.05) is 0 Å². The summed E-state index contributed by atoms with van der Waals surface area (Å²) >= 11 is 0. The molecule has 0 aliphatic rings. The number of hydrogen-bond acceptors (Lipinski definition) is 1. The predicted molar refractivity (Wildman–Crippen MR) is 149 cm³/mol. The summed E-state index contributed by atoms with van der Waals surface area (Å²) in [6, 6.07) is 40.0. The molecule has 2 unspecified atom stereocenters. The van der Waals surface area contributed by atoms with Crippen molar-refractivity contribution in [3.05, 3.63) is 109 Å². The molecule has 0 saturated heterocycles. The van der Waals surface area contributed by atoms with E-state index in [9.17, 15) is 0 Å². The average molecular weight is 459 g/mol. The van der Waals surface area contributed by atoms with Gasteiger partial charge in [-0.05, 0) is 90.8 Å². The van der Waals surface area contributed by atoms with Crippen LogP contribution in [0.1, 0.15) is 0 Å². The van der Waals surface area contributed by atoms with Gasteiger partial charge in [-0.25, -0.2) is 0 Å². The minimum absolute atomic E-state index is 1.29. The number of rotatable bonds is 4. The van der Waals surface area contributed by atoms with Gasteiger partial charge in [0.25, 0.3) is 0 Å². The Labute approximate surface area is 197 Å². The Bertz CT molecular complexity index is 1520. The third kappa shape index (κ3) is 3.68. The van der Waals surface area contributed by atoms with Crippen LogP contribution in [-0.2, 0) is 4.12 Å². The van der Waals surface area contributed by atoms with Crippen LogP contribution in [0, 0.1) is 0 Å². The second-order valence-corrected chi connectivity index (χ2v) is 13.9. The summed E-state index contributed by atoms with van der Waals surface area (Å²) in [7, 11) is -3.17. The van der Waals surface area contributed by atoms with Crippen LogP contribution in [0.15, 0.2) is 109 Å². The molecule has 0 saturated carbocycles. The van der Waals surface area contributed by atoms with E-state index in [-0.39, 0.29) is 0 Å². The molecular formula is C30H26OSi2. The zero-order chi connectivity index (χ0) is 22.4. The summed E-state index contributed by atoms with van der Waals surface area (Å²) in [6.45, 7) is 4.68. The Morgan fingerprint density at radius 1 is 0.424 bits per heavy atom. The lowest BCUT2D eigenvalue weighted by Gasteiger charge is -2.21. The van der Waals surface area contributed by atoms with Crippen LogP contribution in [-0.4, -0.2) is 18.1 Å². The molecule has 0 aromatic heterocycles. The molecule has 0 amide bonds. The molecule has 0 radical (unpaired) electrons. The third-order valence-corrected chi connectivity index (χ3v) is 12.9. The van der Waals surface area contributed by atoms with Crippen LogP contribution < -0.4 is 10.4 Å². The summed E-state index contributed by atoms with van der Waals surface area (Å²) in [5.74, 6) is 0. The molecule has 1 nitrogen and oxygen atoms in total. The zero-order valence-electron chi connectivity index (χ0n) is 19.0. The first kappa shape index (κ1) is 20.4. The van der Waals surface area contributed by atoms with E-state index < -0.39 is 18.1 Å². The maximum absolute atomic E-state index is 6.94. The van der Waals surface area contributed by atoms with E-state index in [0.29, 0.717) is 0 Å². The maximum Gasteiger partial charge on any atom is 0.193 e. The van der Waals surface area contributed by atoms with Gasteiger partial charge in [-0.2, -0.15) is 0 Å². The fraction of sp³-hybridized carbons (Fsp3) is 0.0667. The molecule has 0 spiro atoms. The van der Waals surface area contributed by atoms with Crippen molar-refractivity contribution in [2.45, 2.75) is 13.1 Å². The minimum Gasteiger partial charge on any atom is -0.453 e. The highest BCUT2D eigenvalue weighted by Crippen LogP contribution is 2.24. The van der Waals surface area contributed by atoms with Crippen LogP contribution in [0.4, 0.5) is 0 Å². The Balaban J connectivity index is 1.39. The Hall–Kier alpha value is -3.25. The Morgan fingerprint density at radius 3 is 1.21 bits per heavy atom. The molecular weight excluding hydrogens is 433 g/mol. The summed E-state index contributed by atoms with van der Waals surface area (Å²) in [4.78, 5) is 0. The van der Waals surface area contributed by atoms with Crippen LogP contribution in [0.2, 0.25) is 13.1 Å². The lowest BCUT2D eigenvalue weighted by Crippen LogP contribution is -2.41. The molecule has 0 aliphatic carbocycles. The van der Waals surface area contributed by atoms with Gasteiger partial charge in [0.15, 0.2) is 18.1 Å². The molecule has 6 aromatic carbocycles. The quantitative estimate of drug-likeness (QED) is 0.228. The van der Waals surface area contributed by atoms with Crippen molar-refractivity contribution in [1.29, 1.82) is 0 Å². The second-order valence-electron chi connectivity index (χ2n) is 8.96. The van der Waals surface area contributed by atoms with Crippen molar-refractivity contribution < 1.29 is 4.12 Å². The van der Waals surface area contributed by atoms with Gasteiger partial charge in [0, 0.05) is 0 Å². The highest BCUT2D eigenvalue weighted by atomic mass is 28.4. The SMILES string of the molecule is C[SiH](O[SiH](C)c1cccc2cc3ccccc3cc12)c1cccc2cc3ccccc3cc12. The minimum atomic E-state index is -1.59. The molecule has 0 aliphatic heterocycles. The Morgan fingerprint density at radius 2 is 0.788 bits per heavy atom. The molecule has 0 N–H and O–H groups in total. The number of benzene rings is 6.